The minimum absolute atomic E-state index is 0.0111. The Hall–Kier alpha value is -1.96. The number of nitrogens with zero attached hydrogens (tertiary/aromatic N) is 4. The number of hydrogen-bond donors (Lipinski definition) is 0. The van der Waals surface area contributed by atoms with Crippen molar-refractivity contribution in [3.63, 3.8) is 0 Å². The summed E-state index contributed by atoms with van der Waals surface area (Å²) in [5, 5.41) is 16.9. The van der Waals surface area contributed by atoms with E-state index in [1.165, 1.54) is 19.2 Å². The number of hydrogen-bond acceptors (Lipinski definition) is 5. The van der Waals surface area contributed by atoms with Gasteiger partial charge in [-0.25, -0.2) is 13.4 Å². The second kappa shape index (κ2) is 5.39. The predicted molar refractivity (Wildman–Crippen MR) is 59.0 cm³/mol. The molecule has 0 fully saturated rings. The minimum atomic E-state index is -3.63. The topological polar surface area (TPSA) is 97.9 Å². The summed E-state index contributed by atoms with van der Waals surface area (Å²) >= 11 is 0. The molecule has 0 unspecified atom stereocenters. The first kappa shape index (κ1) is 13.1. The first-order valence-corrected chi connectivity index (χ1v) is 6.16. The van der Waals surface area contributed by atoms with Crippen molar-refractivity contribution in [2.24, 2.45) is 0 Å². The van der Waals surface area contributed by atoms with E-state index in [4.69, 9.17) is 10.5 Å². The van der Waals surface area contributed by atoms with Gasteiger partial charge in [0.2, 0.25) is 10.0 Å². The van der Waals surface area contributed by atoms with E-state index in [-0.39, 0.29) is 23.6 Å². The molecule has 1 aromatic rings. The first-order chi connectivity index (χ1) is 8.02. The monoisotopic (exact) mass is 250 g/mol. The Bertz CT molecular complexity index is 566. The Morgan fingerprint density at radius 1 is 1.41 bits per heavy atom. The number of pyridine rings is 1. The Morgan fingerprint density at radius 2 is 2.12 bits per heavy atom. The zero-order valence-corrected chi connectivity index (χ0v) is 9.98. The molecular formula is C10H10N4O2S. The molecule has 0 aliphatic carbocycles. The third-order valence-corrected chi connectivity index (χ3v) is 3.94. The lowest BCUT2D eigenvalue weighted by Crippen LogP contribution is -2.27. The molecule has 0 aromatic carbocycles. The van der Waals surface area contributed by atoms with Gasteiger partial charge in [0.25, 0.3) is 0 Å². The van der Waals surface area contributed by atoms with E-state index >= 15 is 0 Å². The summed E-state index contributed by atoms with van der Waals surface area (Å²) in [4.78, 5) is 3.71. The summed E-state index contributed by atoms with van der Waals surface area (Å²) < 4.78 is 24.9. The van der Waals surface area contributed by atoms with Crippen molar-refractivity contribution in [2.75, 3.05) is 13.6 Å². The molecule has 0 radical (unpaired) electrons. The highest BCUT2D eigenvalue weighted by molar-refractivity contribution is 7.89. The van der Waals surface area contributed by atoms with Crippen LogP contribution in [0.1, 0.15) is 12.1 Å². The van der Waals surface area contributed by atoms with E-state index in [2.05, 4.69) is 4.98 Å². The van der Waals surface area contributed by atoms with Gasteiger partial charge >= 0.3 is 0 Å². The maximum atomic E-state index is 11.9. The van der Waals surface area contributed by atoms with Crippen LogP contribution in [0.25, 0.3) is 0 Å². The third kappa shape index (κ3) is 3.00. The Morgan fingerprint density at radius 3 is 2.59 bits per heavy atom. The highest BCUT2D eigenvalue weighted by atomic mass is 32.2. The fraction of sp³-hybridized carbons (Fsp3) is 0.300. The van der Waals surface area contributed by atoms with Gasteiger partial charge in [-0.15, -0.1) is 0 Å². The van der Waals surface area contributed by atoms with E-state index in [1.807, 2.05) is 6.07 Å². The molecule has 0 aliphatic heterocycles. The first-order valence-electron chi connectivity index (χ1n) is 4.72. The largest absolute Gasteiger partial charge is 0.244 e. The van der Waals surface area contributed by atoms with Gasteiger partial charge in [-0.05, 0) is 12.1 Å². The quantitative estimate of drug-likeness (QED) is 0.774. The Labute approximate surface area is 99.8 Å². The van der Waals surface area contributed by atoms with Crippen LogP contribution in [0.5, 0.6) is 0 Å². The molecule has 0 saturated carbocycles. The van der Waals surface area contributed by atoms with Gasteiger partial charge in [-0.2, -0.15) is 14.8 Å². The molecule has 0 N–H and O–H groups in total. The molecule has 88 valence electrons. The van der Waals surface area contributed by atoms with Gasteiger partial charge in [-0.1, -0.05) is 0 Å². The van der Waals surface area contributed by atoms with E-state index in [0.717, 1.165) is 10.5 Å². The van der Waals surface area contributed by atoms with Crippen LogP contribution < -0.4 is 0 Å². The van der Waals surface area contributed by atoms with E-state index in [9.17, 15) is 8.42 Å². The zero-order valence-electron chi connectivity index (χ0n) is 9.16. The average Bonchev–Trinajstić information content (AvgIpc) is 2.35. The summed E-state index contributed by atoms with van der Waals surface area (Å²) in [6.07, 6.45) is 1.26. The SMILES string of the molecule is CN(CCC#N)S(=O)(=O)c1ccc(C#N)nc1. The fourth-order valence-corrected chi connectivity index (χ4v) is 2.22. The van der Waals surface area contributed by atoms with E-state index in [0.29, 0.717) is 0 Å². The van der Waals surface area contributed by atoms with Crippen LogP contribution in [0, 0.1) is 22.7 Å². The molecular weight excluding hydrogens is 240 g/mol. The van der Waals surface area contributed by atoms with Crippen LogP contribution in [0.2, 0.25) is 0 Å². The molecule has 1 heterocycles. The Kier molecular flexibility index (Phi) is 4.16. The number of aromatic nitrogens is 1. The standard InChI is InChI=1S/C10H10N4O2S/c1-14(6-2-5-11)17(15,16)10-4-3-9(7-12)13-8-10/h3-4,8H,2,6H2,1H3. The third-order valence-electron chi connectivity index (χ3n) is 2.10. The van der Waals surface area contributed by atoms with Crippen LogP contribution in [-0.4, -0.2) is 31.3 Å². The van der Waals surface area contributed by atoms with Gasteiger partial charge < -0.3 is 0 Å². The zero-order chi connectivity index (χ0) is 12.9. The van der Waals surface area contributed by atoms with Crippen LogP contribution >= 0.6 is 0 Å². The van der Waals surface area contributed by atoms with Crippen LogP contribution in [0.15, 0.2) is 23.2 Å². The summed E-state index contributed by atoms with van der Waals surface area (Å²) in [5.41, 5.74) is 0.156. The fourth-order valence-electron chi connectivity index (χ4n) is 1.11. The molecule has 0 saturated heterocycles. The van der Waals surface area contributed by atoms with Crippen LogP contribution in [-0.2, 0) is 10.0 Å². The van der Waals surface area contributed by atoms with Crippen molar-refractivity contribution >= 4 is 10.0 Å². The molecule has 0 spiro atoms. The van der Waals surface area contributed by atoms with Crippen molar-refractivity contribution < 1.29 is 8.42 Å². The maximum Gasteiger partial charge on any atom is 0.244 e. The molecule has 0 amide bonds. The summed E-state index contributed by atoms with van der Waals surface area (Å²) in [6, 6.07) is 6.34. The number of sulfonamides is 1. The summed E-state index contributed by atoms with van der Waals surface area (Å²) in [6.45, 7) is 0.124. The predicted octanol–water partition coefficient (Wildman–Crippen LogP) is 0.487. The second-order valence-corrected chi connectivity index (χ2v) is 5.27. The van der Waals surface area contributed by atoms with E-state index in [1.54, 1.807) is 6.07 Å². The summed E-state index contributed by atoms with van der Waals surface area (Å²) in [7, 11) is -2.23. The van der Waals surface area contributed by atoms with Crippen molar-refractivity contribution in [1.82, 2.24) is 9.29 Å². The lowest BCUT2D eigenvalue weighted by molar-refractivity contribution is 0.476. The highest BCUT2D eigenvalue weighted by Crippen LogP contribution is 2.13. The van der Waals surface area contributed by atoms with Crippen LogP contribution in [0.3, 0.4) is 0 Å². The molecule has 17 heavy (non-hydrogen) atoms. The molecule has 6 nitrogen and oxygen atoms in total. The maximum absolute atomic E-state index is 11.9. The summed E-state index contributed by atoms with van der Waals surface area (Å²) in [5.74, 6) is 0. The lowest BCUT2D eigenvalue weighted by Gasteiger charge is -2.15. The average molecular weight is 250 g/mol. The van der Waals surface area contributed by atoms with E-state index < -0.39 is 10.0 Å². The number of rotatable bonds is 4. The van der Waals surface area contributed by atoms with Gasteiger partial charge in [-0.3, -0.25) is 0 Å². The van der Waals surface area contributed by atoms with Gasteiger partial charge in [0.1, 0.15) is 16.7 Å². The van der Waals surface area contributed by atoms with Crippen molar-refractivity contribution in [3.8, 4) is 12.1 Å². The molecule has 0 bridgehead atoms. The normalized spacial score (nSPS) is 10.8. The van der Waals surface area contributed by atoms with Crippen molar-refractivity contribution in [2.45, 2.75) is 11.3 Å². The van der Waals surface area contributed by atoms with Gasteiger partial charge in [0.15, 0.2) is 0 Å². The van der Waals surface area contributed by atoms with Gasteiger partial charge in [0.05, 0.1) is 6.07 Å². The highest BCUT2D eigenvalue weighted by Gasteiger charge is 2.20. The number of nitriles is 2. The molecule has 1 rings (SSSR count). The van der Waals surface area contributed by atoms with Gasteiger partial charge in [0, 0.05) is 26.2 Å². The lowest BCUT2D eigenvalue weighted by atomic mass is 10.4. The van der Waals surface area contributed by atoms with Crippen molar-refractivity contribution in [1.29, 1.82) is 10.5 Å². The minimum Gasteiger partial charge on any atom is -0.244 e. The smallest absolute Gasteiger partial charge is 0.244 e. The van der Waals surface area contributed by atoms with Crippen LogP contribution in [0.4, 0.5) is 0 Å². The molecule has 1 aromatic heterocycles. The Balaban J connectivity index is 2.98. The molecule has 0 aliphatic rings. The molecule has 0 atom stereocenters. The molecule has 7 heteroatoms. The van der Waals surface area contributed by atoms with Crippen molar-refractivity contribution in [3.05, 3.63) is 24.0 Å². The second-order valence-electron chi connectivity index (χ2n) is 3.23.